The molecule has 0 bridgehead atoms. The first-order valence-electron chi connectivity index (χ1n) is 7.22. The lowest BCUT2D eigenvalue weighted by molar-refractivity contribution is 0.341. The SMILES string of the molecule is CCCCNCc1csc(-c2ccccc2OCC)n1. The monoisotopic (exact) mass is 290 g/mol. The number of nitrogens with zero attached hydrogens (tertiary/aromatic N) is 1. The molecule has 0 saturated heterocycles. The normalized spacial score (nSPS) is 10.7. The molecule has 0 spiro atoms. The molecule has 0 aliphatic carbocycles. The predicted octanol–water partition coefficient (Wildman–Crippen LogP) is 4.10. The van der Waals surface area contributed by atoms with Gasteiger partial charge in [-0.1, -0.05) is 25.5 Å². The average Bonchev–Trinajstić information content (AvgIpc) is 2.93. The van der Waals surface area contributed by atoms with E-state index in [0.29, 0.717) is 6.61 Å². The Kier molecular flexibility index (Phi) is 6.02. The standard InChI is InChI=1S/C16H22N2OS/c1-3-5-10-17-11-13-12-20-16(18-13)14-8-6-7-9-15(14)19-4-2/h6-9,12,17H,3-5,10-11H2,1-2H3. The van der Waals surface area contributed by atoms with E-state index in [-0.39, 0.29) is 0 Å². The minimum absolute atomic E-state index is 0.674. The second-order valence-electron chi connectivity index (χ2n) is 4.60. The van der Waals surface area contributed by atoms with Crippen molar-refractivity contribution in [2.45, 2.75) is 33.2 Å². The van der Waals surface area contributed by atoms with Crippen LogP contribution in [0, 0.1) is 0 Å². The number of hydrogen-bond donors (Lipinski definition) is 1. The van der Waals surface area contributed by atoms with Crippen LogP contribution in [0.4, 0.5) is 0 Å². The van der Waals surface area contributed by atoms with Gasteiger partial charge in [-0.3, -0.25) is 0 Å². The van der Waals surface area contributed by atoms with Crippen molar-refractivity contribution in [2.24, 2.45) is 0 Å². The summed E-state index contributed by atoms with van der Waals surface area (Å²) in [6, 6.07) is 8.09. The van der Waals surface area contributed by atoms with Gasteiger partial charge in [0.05, 0.1) is 17.9 Å². The first-order chi connectivity index (χ1) is 9.85. The van der Waals surface area contributed by atoms with Gasteiger partial charge >= 0.3 is 0 Å². The van der Waals surface area contributed by atoms with Gasteiger partial charge in [0.15, 0.2) is 0 Å². The molecule has 2 aromatic rings. The molecule has 0 radical (unpaired) electrons. The summed E-state index contributed by atoms with van der Waals surface area (Å²) >= 11 is 1.68. The maximum Gasteiger partial charge on any atom is 0.129 e. The van der Waals surface area contributed by atoms with E-state index in [0.717, 1.165) is 35.1 Å². The van der Waals surface area contributed by atoms with E-state index >= 15 is 0 Å². The Bertz CT molecular complexity index is 525. The van der Waals surface area contributed by atoms with Gasteiger partial charge in [0.2, 0.25) is 0 Å². The van der Waals surface area contributed by atoms with Gasteiger partial charge in [-0.2, -0.15) is 0 Å². The number of thiazole rings is 1. The quantitative estimate of drug-likeness (QED) is 0.743. The van der Waals surface area contributed by atoms with Crippen molar-refractivity contribution in [2.75, 3.05) is 13.2 Å². The fraction of sp³-hybridized carbons (Fsp3) is 0.438. The number of para-hydroxylation sites is 1. The van der Waals surface area contributed by atoms with E-state index in [9.17, 15) is 0 Å². The lowest BCUT2D eigenvalue weighted by atomic mass is 10.2. The topological polar surface area (TPSA) is 34.1 Å². The van der Waals surface area contributed by atoms with Crippen LogP contribution in [-0.4, -0.2) is 18.1 Å². The fourth-order valence-electron chi connectivity index (χ4n) is 1.95. The van der Waals surface area contributed by atoms with Gasteiger partial charge in [0.25, 0.3) is 0 Å². The second-order valence-corrected chi connectivity index (χ2v) is 5.46. The third kappa shape index (κ3) is 4.05. The molecule has 0 fully saturated rings. The highest BCUT2D eigenvalue weighted by atomic mass is 32.1. The minimum Gasteiger partial charge on any atom is -0.493 e. The zero-order chi connectivity index (χ0) is 14.2. The van der Waals surface area contributed by atoms with Gasteiger partial charge in [0.1, 0.15) is 10.8 Å². The number of nitrogens with one attached hydrogen (secondary N) is 1. The number of aromatic nitrogens is 1. The van der Waals surface area contributed by atoms with Crippen LogP contribution in [0.15, 0.2) is 29.6 Å². The smallest absolute Gasteiger partial charge is 0.129 e. The summed E-state index contributed by atoms with van der Waals surface area (Å²) in [7, 11) is 0. The molecule has 4 heteroatoms. The summed E-state index contributed by atoms with van der Waals surface area (Å²) in [6.45, 7) is 6.77. The van der Waals surface area contributed by atoms with Gasteiger partial charge in [-0.05, 0) is 32.0 Å². The Morgan fingerprint density at radius 2 is 2.10 bits per heavy atom. The largest absolute Gasteiger partial charge is 0.493 e. The lowest BCUT2D eigenvalue weighted by Crippen LogP contribution is -2.14. The van der Waals surface area contributed by atoms with E-state index in [1.807, 2.05) is 25.1 Å². The molecule has 0 aliphatic rings. The minimum atomic E-state index is 0.674. The number of ether oxygens (including phenoxy) is 1. The zero-order valence-corrected chi connectivity index (χ0v) is 13.0. The fourth-order valence-corrected chi connectivity index (χ4v) is 2.80. The molecule has 20 heavy (non-hydrogen) atoms. The summed E-state index contributed by atoms with van der Waals surface area (Å²) in [4.78, 5) is 4.70. The molecule has 108 valence electrons. The zero-order valence-electron chi connectivity index (χ0n) is 12.2. The van der Waals surface area contributed by atoms with Crippen molar-refractivity contribution >= 4 is 11.3 Å². The second kappa shape index (κ2) is 8.02. The van der Waals surface area contributed by atoms with Crippen LogP contribution in [0.2, 0.25) is 0 Å². The highest BCUT2D eigenvalue weighted by Gasteiger charge is 2.09. The number of rotatable bonds is 8. The summed E-state index contributed by atoms with van der Waals surface area (Å²) in [6.07, 6.45) is 2.43. The van der Waals surface area contributed by atoms with E-state index in [2.05, 4.69) is 23.7 Å². The van der Waals surface area contributed by atoms with E-state index in [1.165, 1.54) is 12.8 Å². The van der Waals surface area contributed by atoms with Crippen LogP contribution >= 0.6 is 11.3 Å². The van der Waals surface area contributed by atoms with E-state index < -0.39 is 0 Å². The maximum absolute atomic E-state index is 5.66. The molecule has 0 unspecified atom stereocenters. The third-order valence-corrected chi connectivity index (χ3v) is 3.91. The van der Waals surface area contributed by atoms with E-state index in [1.54, 1.807) is 11.3 Å². The van der Waals surface area contributed by atoms with Crippen molar-refractivity contribution in [3.05, 3.63) is 35.3 Å². The molecular weight excluding hydrogens is 268 g/mol. The average molecular weight is 290 g/mol. The molecule has 0 atom stereocenters. The van der Waals surface area contributed by atoms with Crippen molar-refractivity contribution in [1.82, 2.24) is 10.3 Å². The number of benzene rings is 1. The van der Waals surface area contributed by atoms with Gasteiger partial charge in [-0.25, -0.2) is 4.98 Å². The van der Waals surface area contributed by atoms with Crippen molar-refractivity contribution in [1.29, 1.82) is 0 Å². The van der Waals surface area contributed by atoms with Crippen LogP contribution in [0.1, 0.15) is 32.4 Å². The highest BCUT2D eigenvalue weighted by Crippen LogP contribution is 2.32. The summed E-state index contributed by atoms with van der Waals surface area (Å²) in [5.41, 5.74) is 2.19. The van der Waals surface area contributed by atoms with Gasteiger partial charge in [-0.15, -0.1) is 11.3 Å². The molecule has 1 heterocycles. The lowest BCUT2D eigenvalue weighted by Gasteiger charge is -2.07. The Morgan fingerprint density at radius 3 is 2.90 bits per heavy atom. The predicted molar refractivity (Wildman–Crippen MR) is 85.3 cm³/mol. The molecule has 1 aromatic carbocycles. The van der Waals surface area contributed by atoms with Gasteiger partial charge in [0, 0.05) is 11.9 Å². The first kappa shape index (κ1) is 15.0. The molecule has 1 aromatic heterocycles. The summed E-state index contributed by atoms with van der Waals surface area (Å²) < 4.78 is 5.66. The van der Waals surface area contributed by atoms with Crippen LogP contribution in [0.25, 0.3) is 10.6 Å². The van der Waals surface area contributed by atoms with Crippen molar-refractivity contribution in [3.63, 3.8) is 0 Å². The first-order valence-corrected chi connectivity index (χ1v) is 8.10. The molecular formula is C16H22N2OS. The molecule has 2 rings (SSSR count). The Balaban J connectivity index is 2.04. The molecule has 0 aliphatic heterocycles. The van der Waals surface area contributed by atoms with Crippen LogP contribution in [0.3, 0.4) is 0 Å². The molecule has 1 N–H and O–H groups in total. The third-order valence-electron chi connectivity index (χ3n) is 2.98. The van der Waals surface area contributed by atoms with Crippen LogP contribution < -0.4 is 10.1 Å². The van der Waals surface area contributed by atoms with Crippen LogP contribution in [-0.2, 0) is 6.54 Å². The molecule has 3 nitrogen and oxygen atoms in total. The maximum atomic E-state index is 5.66. The summed E-state index contributed by atoms with van der Waals surface area (Å²) in [5.74, 6) is 0.912. The Labute approximate surface area is 125 Å². The molecule has 0 amide bonds. The van der Waals surface area contributed by atoms with Crippen LogP contribution in [0.5, 0.6) is 5.75 Å². The highest BCUT2D eigenvalue weighted by molar-refractivity contribution is 7.13. The summed E-state index contributed by atoms with van der Waals surface area (Å²) in [5, 5.41) is 6.57. The Hall–Kier alpha value is -1.39. The Morgan fingerprint density at radius 1 is 1.25 bits per heavy atom. The van der Waals surface area contributed by atoms with Gasteiger partial charge < -0.3 is 10.1 Å². The van der Waals surface area contributed by atoms with E-state index in [4.69, 9.17) is 9.72 Å². The molecule has 0 saturated carbocycles. The van der Waals surface area contributed by atoms with Crippen molar-refractivity contribution in [3.8, 4) is 16.3 Å². The van der Waals surface area contributed by atoms with Crippen molar-refractivity contribution < 1.29 is 4.74 Å². The number of hydrogen-bond acceptors (Lipinski definition) is 4. The number of unbranched alkanes of at least 4 members (excludes halogenated alkanes) is 1.